The maximum atomic E-state index is 13.1. The molecule has 166 valence electrons. The van der Waals surface area contributed by atoms with Crippen LogP contribution in [0, 0.1) is 16.0 Å². The number of methoxy groups -OCH3 is 1. The molecule has 9 heteroatoms. The predicted octanol–water partition coefficient (Wildman–Crippen LogP) is 3.56. The van der Waals surface area contributed by atoms with Crippen molar-refractivity contribution in [3.8, 4) is 11.5 Å². The average molecular weight is 438 g/mol. The highest BCUT2D eigenvalue weighted by atomic mass is 16.6. The molecule has 0 fully saturated rings. The van der Waals surface area contributed by atoms with Crippen molar-refractivity contribution < 1.29 is 28.8 Å². The van der Waals surface area contributed by atoms with E-state index in [1.54, 1.807) is 24.3 Å². The summed E-state index contributed by atoms with van der Waals surface area (Å²) in [6.45, 7) is 3.74. The van der Waals surface area contributed by atoms with Gasteiger partial charge in [-0.05, 0) is 42.2 Å². The Morgan fingerprint density at radius 2 is 1.72 bits per heavy atom. The van der Waals surface area contributed by atoms with Crippen molar-refractivity contribution in [3.63, 3.8) is 0 Å². The van der Waals surface area contributed by atoms with Crippen LogP contribution in [-0.4, -0.2) is 40.8 Å². The highest BCUT2D eigenvalue weighted by molar-refractivity contribution is 6.22. The van der Waals surface area contributed by atoms with E-state index in [4.69, 9.17) is 9.47 Å². The summed E-state index contributed by atoms with van der Waals surface area (Å²) in [5.41, 5.74) is 0.967. The first kappa shape index (κ1) is 22.7. The molecule has 32 heavy (non-hydrogen) atoms. The lowest BCUT2D eigenvalue weighted by atomic mass is 10.0. The number of nitro groups is 1. The van der Waals surface area contributed by atoms with E-state index in [0.29, 0.717) is 5.56 Å². The normalized spacial score (nSPS) is 14.1. The van der Waals surface area contributed by atoms with Gasteiger partial charge in [-0.3, -0.25) is 24.6 Å². The zero-order chi connectivity index (χ0) is 23.4. The number of carbonyl (C=O) groups is 3. The third kappa shape index (κ3) is 4.66. The zero-order valence-corrected chi connectivity index (χ0v) is 17.8. The minimum absolute atomic E-state index is 0.00611. The van der Waals surface area contributed by atoms with Gasteiger partial charge in [-0.1, -0.05) is 32.0 Å². The van der Waals surface area contributed by atoms with Gasteiger partial charge in [0, 0.05) is 6.08 Å². The maximum absolute atomic E-state index is 13.1. The summed E-state index contributed by atoms with van der Waals surface area (Å²) in [6.07, 6.45) is 2.27. The van der Waals surface area contributed by atoms with Gasteiger partial charge in [-0.15, -0.1) is 0 Å². The van der Waals surface area contributed by atoms with Crippen LogP contribution in [0.1, 0.15) is 46.5 Å². The molecule has 3 rings (SSSR count). The van der Waals surface area contributed by atoms with E-state index < -0.39 is 28.7 Å². The lowest BCUT2D eigenvalue weighted by Crippen LogP contribution is -2.47. The van der Waals surface area contributed by atoms with Crippen molar-refractivity contribution in [2.24, 2.45) is 5.92 Å². The number of benzene rings is 2. The number of imide groups is 1. The van der Waals surface area contributed by atoms with E-state index in [2.05, 4.69) is 0 Å². The van der Waals surface area contributed by atoms with Crippen LogP contribution in [0.15, 0.2) is 48.7 Å². The van der Waals surface area contributed by atoms with Crippen LogP contribution in [0.3, 0.4) is 0 Å². The smallest absolute Gasteiger partial charge is 0.334 e. The highest BCUT2D eigenvalue weighted by Crippen LogP contribution is 2.31. The molecule has 0 saturated carbocycles. The first-order valence-corrected chi connectivity index (χ1v) is 9.91. The molecule has 1 aliphatic heterocycles. The standard InChI is InChI=1S/C23H22N2O7/c1-14(2)12-18(25-21(26)16-6-4-5-7-17(16)22(25)27)23(28)32-19-9-8-15(10-11-24(29)30)13-20(19)31-3/h4-11,13-14,18H,12H2,1-3H3. The van der Waals surface area contributed by atoms with Crippen molar-refractivity contribution in [2.45, 2.75) is 26.3 Å². The third-order valence-corrected chi connectivity index (χ3v) is 4.89. The largest absolute Gasteiger partial charge is 0.493 e. The Balaban J connectivity index is 1.89. The molecule has 0 bridgehead atoms. The SMILES string of the molecule is COc1cc(C=C[N+](=O)[O-])ccc1OC(=O)C(CC(C)C)N1C(=O)c2ccccc2C1=O. The summed E-state index contributed by atoms with van der Waals surface area (Å²) in [6, 6.07) is 9.71. The molecule has 1 heterocycles. The van der Waals surface area contributed by atoms with Crippen LogP contribution in [0.5, 0.6) is 11.5 Å². The first-order chi connectivity index (χ1) is 15.2. The predicted molar refractivity (Wildman–Crippen MR) is 115 cm³/mol. The second-order valence-corrected chi connectivity index (χ2v) is 7.60. The Morgan fingerprint density at radius 1 is 1.09 bits per heavy atom. The van der Waals surface area contributed by atoms with Gasteiger partial charge in [0.05, 0.1) is 23.2 Å². The number of amides is 2. The number of hydrogen-bond acceptors (Lipinski definition) is 7. The number of hydrogen-bond donors (Lipinski definition) is 0. The summed E-state index contributed by atoms with van der Waals surface area (Å²) in [4.78, 5) is 49.8. The number of rotatable bonds is 8. The minimum atomic E-state index is -1.12. The average Bonchev–Trinajstić information content (AvgIpc) is 3.01. The van der Waals surface area contributed by atoms with Gasteiger partial charge in [0.25, 0.3) is 11.8 Å². The maximum Gasteiger partial charge on any atom is 0.334 e. The fraction of sp³-hybridized carbons (Fsp3) is 0.261. The Hall–Kier alpha value is -4.01. The molecule has 9 nitrogen and oxygen atoms in total. The van der Waals surface area contributed by atoms with E-state index in [-0.39, 0.29) is 35.0 Å². The lowest BCUT2D eigenvalue weighted by molar-refractivity contribution is -0.400. The van der Waals surface area contributed by atoms with Gasteiger partial charge in [-0.2, -0.15) is 0 Å². The molecule has 1 aliphatic rings. The minimum Gasteiger partial charge on any atom is -0.493 e. The van der Waals surface area contributed by atoms with Gasteiger partial charge < -0.3 is 9.47 Å². The van der Waals surface area contributed by atoms with Crippen LogP contribution >= 0.6 is 0 Å². The highest BCUT2D eigenvalue weighted by Gasteiger charge is 2.43. The summed E-state index contributed by atoms with van der Waals surface area (Å²) >= 11 is 0. The van der Waals surface area contributed by atoms with E-state index in [9.17, 15) is 24.5 Å². The number of nitrogens with zero attached hydrogens (tertiary/aromatic N) is 2. The number of ether oxygens (including phenoxy) is 2. The number of esters is 1. The van der Waals surface area contributed by atoms with Gasteiger partial charge in [0.2, 0.25) is 6.20 Å². The van der Waals surface area contributed by atoms with Crippen molar-refractivity contribution in [3.05, 3.63) is 75.5 Å². The van der Waals surface area contributed by atoms with Crippen molar-refractivity contribution in [1.82, 2.24) is 4.90 Å². The van der Waals surface area contributed by atoms with E-state index in [1.165, 1.54) is 31.4 Å². The molecule has 0 spiro atoms. The monoisotopic (exact) mass is 438 g/mol. The molecule has 0 radical (unpaired) electrons. The van der Waals surface area contributed by atoms with Crippen molar-refractivity contribution in [1.29, 1.82) is 0 Å². The van der Waals surface area contributed by atoms with Crippen molar-refractivity contribution in [2.75, 3.05) is 7.11 Å². The second-order valence-electron chi connectivity index (χ2n) is 7.60. The molecule has 0 aromatic heterocycles. The number of fused-ring (bicyclic) bond motifs is 1. The van der Waals surface area contributed by atoms with E-state index in [1.807, 2.05) is 13.8 Å². The molecule has 2 amide bonds. The van der Waals surface area contributed by atoms with Gasteiger partial charge in [0.1, 0.15) is 6.04 Å². The molecular formula is C23H22N2O7. The molecular weight excluding hydrogens is 416 g/mol. The van der Waals surface area contributed by atoms with Crippen molar-refractivity contribution >= 4 is 23.9 Å². The van der Waals surface area contributed by atoms with Gasteiger partial charge in [0.15, 0.2) is 11.5 Å². The van der Waals surface area contributed by atoms with Gasteiger partial charge in [-0.25, -0.2) is 4.79 Å². The summed E-state index contributed by atoms with van der Waals surface area (Å²) in [5, 5.41) is 10.5. The summed E-state index contributed by atoms with van der Waals surface area (Å²) in [5.74, 6) is -1.62. The lowest BCUT2D eigenvalue weighted by Gasteiger charge is -2.26. The van der Waals surface area contributed by atoms with Crippen LogP contribution < -0.4 is 9.47 Å². The molecule has 1 atom stereocenters. The molecule has 2 aromatic rings. The topological polar surface area (TPSA) is 116 Å². The fourth-order valence-electron chi connectivity index (χ4n) is 3.44. The molecule has 2 aromatic carbocycles. The van der Waals surface area contributed by atoms with E-state index in [0.717, 1.165) is 11.1 Å². The summed E-state index contributed by atoms with van der Waals surface area (Å²) in [7, 11) is 1.36. The Morgan fingerprint density at radius 3 is 2.25 bits per heavy atom. The third-order valence-electron chi connectivity index (χ3n) is 4.89. The van der Waals surface area contributed by atoms with Crippen LogP contribution in [0.2, 0.25) is 0 Å². The van der Waals surface area contributed by atoms with Gasteiger partial charge >= 0.3 is 5.97 Å². The molecule has 0 aliphatic carbocycles. The quantitative estimate of drug-likeness (QED) is 0.203. The summed E-state index contributed by atoms with van der Waals surface area (Å²) < 4.78 is 10.8. The Labute approximate surface area is 184 Å². The van der Waals surface area contributed by atoms with Crippen LogP contribution in [0.25, 0.3) is 6.08 Å². The van der Waals surface area contributed by atoms with E-state index >= 15 is 0 Å². The van der Waals surface area contributed by atoms with Crippen LogP contribution in [0.4, 0.5) is 0 Å². The second kappa shape index (κ2) is 9.42. The Kier molecular flexibility index (Phi) is 6.67. The molecule has 0 saturated heterocycles. The molecule has 0 N–H and O–H groups in total. The zero-order valence-electron chi connectivity index (χ0n) is 17.8. The fourth-order valence-corrected chi connectivity index (χ4v) is 3.44. The molecule has 1 unspecified atom stereocenters. The van der Waals surface area contributed by atoms with Crippen LogP contribution in [-0.2, 0) is 4.79 Å². The number of carbonyl (C=O) groups excluding carboxylic acids is 3. The first-order valence-electron chi connectivity index (χ1n) is 9.91. The Bertz CT molecular complexity index is 1070.